The molecular formula is C26H23N5O3. The number of benzene rings is 3. The second kappa shape index (κ2) is 9.08. The smallest absolute Gasteiger partial charge is 0.408 e. The Labute approximate surface area is 196 Å². The number of nitrogens with zero attached hydrogens (tertiary/aromatic N) is 2. The normalized spacial score (nSPS) is 11.8. The van der Waals surface area contributed by atoms with Crippen LogP contribution in [0, 0.1) is 11.3 Å². The van der Waals surface area contributed by atoms with Crippen LogP contribution in [0.4, 0.5) is 11.4 Å². The number of carbonyl (C=O) groups is 1. The molecule has 0 bridgehead atoms. The van der Waals surface area contributed by atoms with E-state index < -0.39 is 11.7 Å². The van der Waals surface area contributed by atoms with Crippen LogP contribution in [0.15, 0.2) is 80.9 Å². The molecule has 0 spiro atoms. The third-order valence-electron chi connectivity index (χ3n) is 5.14. The van der Waals surface area contributed by atoms with E-state index in [1.54, 1.807) is 42.5 Å². The molecule has 0 radical (unpaired) electrons. The number of para-hydroxylation sites is 1. The average molecular weight is 454 g/mol. The summed E-state index contributed by atoms with van der Waals surface area (Å²) in [5.74, 6) is -0.740. The van der Waals surface area contributed by atoms with Gasteiger partial charge in [-0.15, -0.1) is 0 Å². The van der Waals surface area contributed by atoms with Crippen molar-refractivity contribution in [1.82, 2.24) is 10.3 Å². The molecule has 0 atom stereocenters. The van der Waals surface area contributed by atoms with Gasteiger partial charge in [0, 0.05) is 17.3 Å². The minimum Gasteiger partial charge on any atom is -0.408 e. The molecule has 3 aromatic carbocycles. The minimum atomic E-state index is -0.547. The van der Waals surface area contributed by atoms with E-state index in [1.165, 1.54) is 0 Å². The number of rotatable bonds is 3. The molecule has 0 saturated heterocycles. The number of aliphatic imine (C=N–C) groups is 1. The van der Waals surface area contributed by atoms with Crippen LogP contribution >= 0.6 is 0 Å². The van der Waals surface area contributed by atoms with Crippen LogP contribution in [0.5, 0.6) is 0 Å². The van der Waals surface area contributed by atoms with E-state index >= 15 is 0 Å². The predicted molar refractivity (Wildman–Crippen MR) is 131 cm³/mol. The van der Waals surface area contributed by atoms with E-state index in [4.69, 9.17) is 14.7 Å². The molecule has 8 heteroatoms. The van der Waals surface area contributed by atoms with Gasteiger partial charge < -0.3 is 9.73 Å². The Balaban J connectivity index is 1.72. The van der Waals surface area contributed by atoms with E-state index in [1.807, 2.05) is 30.3 Å². The lowest BCUT2D eigenvalue weighted by molar-refractivity contribution is 0.0977. The maximum absolute atomic E-state index is 13.0. The lowest BCUT2D eigenvalue weighted by Gasteiger charge is -2.21. The number of nitrogens with one attached hydrogen (secondary N) is 3. The molecule has 4 aromatic rings. The first-order chi connectivity index (χ1) is 16.2. The van der Waals surface area contributed by atoms with Crippen LogP contribution in [0.3, 0.4) is 0 Å². The summed E-state index contributed by atoms with van der Waals surface area (Å²) < 4.78 is 5.14. The van der Waals surface area contributed by atoms with E-state index in [9.17, 15) is 9.59 Å². The Morgan fingerprint density at radius 1 is 1.06 bits per heavy atom. The van der Waals surface area contributed by atoms with E-state index in [2.05, 4.69) is 36.4 Å². The summed E-state index contributed by atoms with van der Waals surface area (Å²) in [6, 6.07) is 21.1. The summed E-state index contributed by atoms with van der Waals surface area (Å²) in [6.45, 7) is 6.27. The molecule has 0 unspecified atom stereocenters. The molecule has 0 aliphatic carbocycles. The summed E-state index contributed by atoms with van der Waals surface area (Å²) in [5.41, 5.74) is 3.89. The van der Waals surface area contributed by atoms with Gasteiger partial charge in [-0.25, -0.2) is 9.79 Å². The summed E-state index contributed by atoms with van der Waals surface area (Å²) in [4.78, 5) is 31.8. The average Bonchev–Trinajstić information content (AvgIpc) is 3.18. The van der Waals surface area contributed by atoms with E-state index in [0.29, 0.717) is 33.6 Å². The molecule has 170 valence electrons. The fourth-order valence-corrected chi connectivity index (χ4v) is 3.45. The van der Waals surface area contributed by atoms with Gasteiger partial charge >= 0.3 is 5.76 Å². The number of guanidine groups is 1. The number of oxazole rings is 1. The number of aromatic amines is 1. The van der Waals surface area contributed by atoms with E-state index in [-0.39, 0.29) is 11.4 Å². The maximum Gasteiger partial charge on any atom is 0.417 e. The molecule has 0 aliphatic rings. The van der Waals surface area contributed by atoms with Crippen molar-refractivity contribution in [2.75, 3.05) is 5.32 Å². The molecule has 1 heterocycles. The SMILES string of the molecule is CC(C)(C)c1ccccc1N=C(NC(=O)c1ccc(C#N)cc1)Nc1ccc2[nH]c(=O)oc2c1. The Kier molecular flexibility index (Phi) is 6.02. The molecule has 34 heavy (non-hydrogen) atoms. The van der Waals surface area contributed by atoms with Crippen LogP contribution in [-0.2, 0) is 5.41 Å². The second-order valence-corrected chi connectivity index (χ2v) is 8.72. The van der Waals surface area contributed by atoms with Gasteiger partial charge in [0.05, 0.1) is 22.8 Å². The van der Waals surface area contributed by atoms with E-state index in [0.717, 1.165) is 5.56 Å². The molecule has 3 N–H and O–H groups in total. The van der Waals surface area contributed by atoms with Gasteiger partial charge in [-0.05, 0) is 53.4 Å². The first kappa shape index (κ1) is 22.6. The van der Waals surface area contributed by atoms with Crippen molar-refractivity contribution in [3.05, 3.63) is 94.0 Å². The third kappa shape index (κ3) is 5.05. The molecule has 0 aliphatic heterocycles. The minimum absolute atomic E-state index is 0.171. The maximum atomic E-state index is 13.0. The molecule has 4 rings (SSSR count). The zero-order chi connectivity index (χ0) is 24.3. The largest absolute Gasteiger partial charge is 0.417 e. The number of anilines is 1. The zero-order valence-corrected chi connectivity index (χ0v) is 19.0. The third-order valence-corrected chi connectivity index (χ3v) is 5.14. The van der Waals surface area contributed by atoms with Crippen molar-refractivity contribution in [2.45, 2.75) is 26.2 Å². The van der Waals surface area contributed by atoms with Crippen molar-refractivity contribution in [1.29, 1.82) is 5.26 Å². The lowest BCUT2D eigenvalue weighted by atomic mass is 9.86. The van der Waals surface area contributed by atoms with Crippen molar-refractivity contribution < 1.29 is 9.21 Å². The fourth-order valence-electron chi connectivity index (χ4n) is 3.45. The Hall–Kier alpha value is -4.64. The Morgan fingerprint density at radius 3 is 2.50 bits per heavy atom. The standard InChI is InChI=1S/C26H23N5O3/c1-26(2,3)19-6-4-5-7-20(19)29-24(31-23(32)17-10-8-16(15-27)9-11-17)28-18-12-13-21-22(14-18)34-25(33)30-21/h4-14H,1-3H3,(H,30,33)(H2,28,29,31,32). The van der Waals surface area contributed by atoms with Crippen molar-refractivity contribution in [2.24, 2.45) is 4.99 Å². The molecule has 8 nitrogen and oxygen atoms in total. The van der Waals surface area contributed by atoms with Gasteiger partial charge in [0.2, 0.25) is 5.96 Å². The lowest BCUT2D eigenvalue weighted by Crippen LogP contribution is -2.36. The van der Waals surface area contributed by atoms with Crippen LogP contribution in [-0.4, -0.2) is 16.9 Å². The number of fused-ring (bicyclic) bond motifs is 1. The van der Waals surface area contributed by atoms with Gasteiger partial charge in [-0.3, -0.25) is 15.1 Å². The highest BCUT2D eigenvalue weighted by molar-refractivity contribution is 6.11. The number of amides is 1. The summed E-state index contributed by atoms with van der Waals surface area (Å²) in [6.07, 6.45) is 0. The first-order valence-corrected chi connectivity index (χ1v) is 10.6. The summed E-state index contributed by atoms with van der Waals surface area (Å²) >= 11 is 0. The number of hydrogen-bond donors (Lipinski definition) is 3. The quantitative estimate of drug-likeness (QED) is 0.303. The fraction of sp³-hybridized carbons (Fsp3) is 0.154. The number of H-pyrrole nitrogens is 1. The highest BCUT2D eigenvalue weighted by Crippen LogP contribution is 2.31. The summed E-state index contributed by atoms with van der Waals surface area (Å²) in [5, 5.41) is 14.9. The molecule has 0 saturated carbocycles. The second-order valence-electron chi connectivity index (χ2n) is 8.72. The Morgan fingerprint density at radius 2 is 1.79 bits per heavy atom. The monoisotopic (exact) mass is 453 g/mol. The molecule has 0 fully saturated rings. The Bertz CT molecular complexity index is 1480. The molecule has 1 amide bonds. The number of hydrogen-bond acceptors (Lipinski definition) is 5. The van der Waals surface area contributed by atoms with Crippen molar-refractivity contribution >= 4 is 34.3 Å². The van der Waals surface area contributed by atoms with Gasteiger partial charge in [0.1, 0.15) is 0 Å². The predicted octanol–water partition coefficient (Wildman–Crippen LogP) is 4.82. The summed E-state index contributed by atoms with van der Waals surface area (Å²) in [7, 11) is 0. The van der Waals surface area contributed by atoms with Crippen molar-refractivity contribution in [3.63, 3.8) is 0 Å². The number of aromatic nitrogens is 1. The highest BCUT2D eigenvalue weighted by atomic mass is 16.4. The first-order valence-electron chi connectivity index (χ1n) is 10.6. The van der Waals surface area contributed by atoms with Crippen LogP contribution < -0.4 is 16.4 Å². The molecule has 1 aromatic heterocycles. The van der Waals surface area contributed by atoms with Gasteiger partial charge in [-0.1, -0.05) is 39.0 Å². The van der Waals surface area contributed by atoms with Gasteiger partial charge in [0.25, 0.3) is 5.91 Å². The van der Waals surface area contributed by atoms with Crippen LogP contribution in [0.1, 0.15) is 42.3 Å². The number of carbonyl (C=O) groups excluding carboxylic acids is 1. The zero-order valence-electron chi connectivity index (χ0n) is 19.0. The van der Waals surface area contributed by atoms with Gasteiger partial charge in [-0.2, -0.15) is 5.26 Å². The van der Waals surface area contributed by atoms with Gasteiger partial charge in [0.15, 0.2) is 5.58 Å². The van der Waals surface area contributed by atoms with Crippen molar-refractivity contribution in [3.8, 4) is 6.07 Å². The highest BCUT2D eigenvalue weighted by Gasteiger charge is 2.18. The topological polar surface area (TPSA) is 123 Å². The molecular weight excluding hydrogens is 430 g/mol. The number of nitriles is 1. The van der Waals surface area contributed by atoms with Crippen LogP contribution in [0.25, 0.3) is 11.1 Å². The van der Waals surface area contributed by atoms with Crippen LogP contribution in [0.2, 0.25) is 0 Å².